The maximum atomic E-state index is 14.1. The predicted molar refractivity (Wildman–Crippen MR) is 154 cm³/mol. The summed E-state index contributed by atoms with van der Waals surface area (Å²) >= 11 is 7.45. The molecule has 0 atom stereocenters. The maximum Gasteiger partial charge on any atom is 0.265 e. The number of hydrogen-bond acceptors (Lipinski definition) is 4. The summed E-state index contributed by atoms with van der Waals surface area (Å²) < 4.78 is 1.72. The van der Waals surface area contributed by atoms with E-state index in [2.05, 4.69) is 33.0 Å². The second-order valence-electron chi connectivity index (χ2n) is 9.48. The van der Waals surface area contributed by atoms with Gasteiger partial charge in [-0.15, -0.1) is 11.3 Å². The summed E-state index contributed by atoms with van der Waals surface area (Å²) in [7, 11) is 0. The number of pyridine rings is 1. The van der Waals surface area contributed by atoms with E-state index in [1.54, 1.807) is 10.6 Å². The molecule has 2 aromatic heterocycles. The Hall–Kier alpha value is -3.22. The number of nitrogens with zero attached hydrogens (tertiary/aromatic N) is 2. The van der Waals surface area contributed by atoms with E-state index >= 15 is 0 Å². The van der Waals surface area contributed by atoms with Gasteiger partial charge in [0.25, 0.3) is 11.5 Å². The van der Waals surface area contributed by atoms with Crippen molar-refractivity contribution >= 4 is 28.8 Å². The topological polar surface area (TPSA) is 64.0 Å². The molecule has 7 heteroatoms. The van der Waals surface area contributed by atoms with E-state index in [1.807, 2.05) is 54.8 Å². The van der Waals surface area contributed by atoms with Gasteiger partial charge < -0.3 is 5.32 Å². The van der Waals surface area contributed by atoms with E-state index in [0.717, 1.165) is 40.9 Å². The number of rotatable bonds is 8. The molecule has 0 aliphatic carbocycles. The molecule has 2 aromatic carbocycles. The number of carbonyl (C=O) groups excluding carboxylic acids is 1. The van der Waals surface area contributed by atoms with Gasteiger partial charge in [0.05, 0.1) is 22.5 Å². The zero-order valence-electron chi connectivity index (χ0n) is 21.9. The van der Waals surface area contributed by atoms with E-state index in [4.69, 9.17) is 16.6 Å². The van der Waals surface area contributed by atoms with Gasteiger partial charge in [-0.25, -0.2) is 4.98 Å². The van der Waals surface area contributed by atoms with Crippen molar-refractivity contribution in [1.29, 1.82) is 0 Å². The van der Waals surface area contributed by atoms with Crippen molar-refractivity contribution in [1.82, 2.24) is 14.9 Å². The van der Waals surface area contributed by atoms with Gasteiger partial charge in [0.15, 0.2) is 0 Å². The molecule has 0 saturated heterocycles. The lowest BCUT2D eigenvalue weighted by Crippen LogP contribution is -2.32. The molecular weight excluding hydrogens is 502 g/mol. The molecule has 0 unspecified atom stereocenters. The summed E-state index contributed by atoms with van der Waals surface area (Å²) in [5.74, 6) is 0.116. The Kier molecular flexibility index (Phi) is 8.30. The third-order valence-electron chi connectivity index (χ3n) is 6.43. The first-order valence-electron chi connectivity index (χ1n) is 12.6. The molecule has 0 fully saturated rings. The Balaban J connectivity index is 1.96. The minimum Gasteiger partial charge on any atom is -0.352 e. The number of amides is 1. The van der Waals surface area contributed by atoms with Crippen LogP contribution >= 0.6 is 22.9 Å². The average molecular weight is 534 g/mol. The van der Waals surface area contributed by atoms with Crippen molar-refractivity contribution in [3.63, 3.8) is 0 Å². The molecule has 0 bridgehead atoms. The van der Waals surface area contributed by atoms with Crippen LogP contribution in [0.3, 0.4) is 0 Å². The van der Waals surface area contributed by atoms with Crippen LogP contribution < -0.4 is 10.9 Å². The predicted octanol–water partition coefficient (Wildman–Crippen LogP) is 7.10. The fraction of sp³-hybridized carbons (Fsp3) is 0.300. The molecule has 1 N–H and O–H groups in total. The quantitative estimate of drug-likeness (QED) is 0.263. The van der Waals surface area contributed by atoms with E-state index < -0.39 is 0 Å². The number of carbonyl (C=O) groups is 1. The molecule has 192 valence electrons. The average Bonchev–Trinajstić information content (AvgIpc) is 3.37. The standard InChI is InChI=1S/C30H32ClN3O2S/c1-6-20-9-8-10-21(7-2)27(20)34-19(5)24(28(35)32-16-18(3)4)15-25(30(34)36)29-33-26(17-37-29)22-11-13-23(31)14-12-22/h8-15,17-18H,6-7,16H2,1-5H3,(H,32,35). The lowest BCUT2D eigenvalue weighted by molar-refractivity contribution is 0.0947. The second kappa shape index (κ2) is 11.4. The number of thiazole rings is 1. The third kappa shape index (κ3) is 5.55. The van der Waals surface area contributed by atoms with Gasteiger partial charge in [0, 0.05) is 28.2 Å². The van der Waals surface area contributed by atoms with E-state index in [0.29, 0.717) is 39.3 Å². The van der Waals surface area contributed by atoms with Crippen LogP contribution in [0.2, 0.25) is 5.02 Å². The summed E-state index contributed by atoms with van der Waals surface area (Å²) in [6, 6.07) is 15.3. The van der Waals surface area contributed by atoms with Gasteiger partial charge in [0.2, 0.25) is 0 Å². The van der Waals surface area contributed by atoms with E-state index in [1.165, 1.54) is 11.3 Å². The molecule has 0 radical (unpaired) electrons. The molecule has 1 amide bonds. The zero-order chi connectivity index (χ0) is 26.7. The van der Waals surface area contributed by atoms with Gasteiger partial charge >= 0.3 is 0 Å². The number of nitrogens with one attached hydrogen (secondary N) is 1. The summed E-state index contributed by atoms with van der Waals surface area (Å²) in [6.07, 6.45) is 1.54. The highest BCUT2D eigenvalue weighted by Gasteiger charge is 2.23. The zero-order valence-corrected chi connectivity index (χ0v) is 23.5. The Morgan fingerprint density at radius 3 is 2.32 bits per heavy atom. The molecule has 0 aliphatic rings. The Morgan fingerprint density at radius 1 is 1.08 bits per heavy atom. The smallest absolute Gasteiger partial charge is 0.265 e. The van der Waals surface area contributed by atoms with Gasteiger partial charge in [0.1, 0.15) is 5.01 Å². The van der Waals surface area contributed by atoms with Crippen molar-refractivity contribution in [2.24, 2.45) is 5.92 Å². The minimum atomic E-state index is -0.192. The highest BCUT2D eigenvalue weighted by atomic mass is 35.5. The molecule has 0 saturated carbocycles. The fourth-order valence-electron chi connectivity index (χ4n) is 4.40. The molecular formula is C30H32ClN3O2S. The van der Waals surface area contributed by atoms with Crippen LogP contribution in [-0.2, 0) is 12.8 Å². The van der Waals surface area contributed by atoms with E-state index in [9.17, 15) is 9.59 Å². The maximum absolute atomic E-state index is 14.1. The Bertz CT molecular complexity index is 1460. The normalized spacial score (nSPS) is 11.2. The number of benzene rings is 2. The number of aromatic nitrogens is 2. The largest absolute Gasteiger partial charge is 0.352 e. The number of halogens is 1. The van der Waals surface area contributed by atoms with Crippen molar-refractivity contribution < 1.29 is 4.79 Å². The monoisotopic (exact) mass is 533 g/mol. The first-order chi connectivity index (χ1) is 17.7. The van der Waals surface area contributed by atoms with Crippen molar-refractivity contribution in [3.8, 4) is 27.5 Å². The summed E-state index contributed by atoms with van der Waals surface area (Å²) in [6.45, 7) is 10.7. The Morgan fingerprint density at radius 2 is 1.73 bits per heavy atom. The second-order valence-corrected chi connectivity index (χ2v) is 10.8. The summed E-state index contributed by atoms with van der Waals surface area (Å²) in [5, 5.41) is 6.18. The van der Waals surface area contributed by atoms with Crippen LogP contribution in [0, 0.1) is 12.8 Å². The van der Waals surface area contributed by atoms with Crippen LogP contribution in [0.1, 0.15) is 54.9 Å². The van der Waals surface area contributed by atoms with Crippen LogP contribution in [0.15, 0.2) is 58.7 Å². The third-order valence-corrected chi connectivity index (χ3v) is 7.55. The first-order valence-corrected chi connectivity index (χ1v) is 13.9. The van der Waals surface area contributed by atoms with Crippen LogP contribution in [0.25, 0.3) is 27.5 Å². The van der Waals surface area contributed by atoms with Crippen molar-refractivity contribution in [3.05, 3.63) is 91.7 Å². The first kappa shape index (κ1) is 26.8. The number of hydrogen-bond donors (Lipinski definition) is 1. The number of aryl methyl sites for hydroxylation is 2. The number of para-hydroxylation sites is 1. The fourth-order valence-corrected chi connectivity index (χ4v) is 5.36. The van der Waals surface area contributed by atoms with Crippen LogP contribution in [0.4, 0.5) is 0 Å². The minimum absolute atomic E-state index is 0.175. The van der Waals surface area contributed by atoms with Crippen molar-refractivity contribution in [2.75, 3.05) is 6.54 Å². The molecule has 0 spiro atoms. The highest BCUT2D eigenvalue weighted by molar-refractivity contribution is 7.13. The molecule has 5 nitrogen and oxygen atoms in total. The van der Waals surface area contributed by atoms with Crippen LogP contribution in [-0.4, -0.2) is 22.0 Å². The van der Waals surface area contributed by atoms with Gasteiger partial charge in [-0.3, -0.25) is 14.2 Å². The summed E-state index contributed by atoms with van der Waals surface area (Å²) in [4.78, 5) is 32.3. The Labute approximate surface area is 227 Å². The molecule has 0 aliphatic heterocycles. The summed E-state index contributed by atoms with van der Waals surface area (Å²) in [5.41, 5.74) is 6.02. The molecule has 2 heterocycles. The SMILES string of the molecule is CCc1cccc(CC)c1-n1c(C)c(C(=O)NCC(C)C)cc(-c2nc(-c3ccc(Cl)cc3)cs2)c1=O. The lowest BCUT2D eigenvalue weighted by atomic mass is 10.0. The molecule has 37 heavy (non-hydrogen) atoms. The molecule has 4 aromatic rings. The van der Waals surface area contributed by atoms with Gasteiger partial charge in [-0.05, 0) is 55.0 Å². The molecule has 4 rings (SSSR count). The van der Waals surface area contributed by atoms with Gasteiger partial charge in [-0.1, -0.05) is 69.6 Å². The van der Waals surface area contributed by atoms with Gasteiger partial charge in [-0.2, -0.15) is 0 Å². The lowest BCUT2D eigenvalue weighted by Gasteiger charge is -2.21. The van der Waals surface area contributed by atoms with Crippen LogP contribution in [0.5, 0.6) is 0 Å². The van der Waals surface area contributed by atoms with Crippen molar-refractivity contribution in [2.45, 2.75) is 47.5 Å². The highest BCUT2D eigenvalue weighted by Crippen LogP contribution is 2.30. The van der Waals surface area contributed by atoms with E-state index in [-0.39, 0.29) is 11.5 Å².